The van der Waals surface area contributed by atoms with Crippen LogP contribution in [-0.2, 0) is 4.79 Å². The molecule has 2 amide bonds. The number of nitrogens with zero attached hydrogens (tertiary/aromatic N) is 1. The van der Waals surface area contributed by atoms with Crippen LogP contribution in [0.1, 0.15) is 59.8 Å². The van der Waals surface area contributed by atoms with Crippen LogP contribution in [0.5, 0.6) is 0 Å². The first-order chi connectivity index (χ1) is 9.32. The summed E-state index contributed by atoms with van der Waals surface area (Å²) in [6.07, 6.45) is 5.52. The first kappa shape index (κ1) is 16.8. The molecule has 116 valence electrons. The Morgan fingerprint density at radius 1 is 1.30 bits per heavy atom. The number of urea groups is 1. The molecule has 0 radical (unpaired) electrons. The standard InChI is InChI=1S/C15H28N2O3/c1-5-11-8-7-9-12(10-11)16-14(20)17(6-2)15(3,4)13(18)19/h11-12H,5-10H2,1-4H3,(H,16,20)(H,18,19). The molecule has 20 heavy (non-hydrogen) atoms. The van der Waals surface area contributed by atoms with E-state index in [2.05, 4.69) is 12.2 Å². The maximum atomic E-state index is 12.3. The van der Waals surface area contributed by atoms with E-state index in [0.717, 1.165) is 25.7 Å². The van der Waals surface area contributed by atoms with Crippen molar-refractivity contribution in [1.29, 1.82) is 0 Å². The van der Waals surface area contributed by atoms with Crippen LogP contribution in [0.25, 0.3) is 0 Å². The summed E-state index contributed by atoms with van der Waals surface area (Å²) >= 11 is 0. The van der Waals surface area contributed by atoms with Crippen molar-refractivity contribution in [3.63, 3.8) is 0 Å². The number of rotatable bonds is 5. The van der Waals surface area contributed by atoms with Crippen LogP contribution < -0.4 is 5.32 Å². The third-order valence-electron chi connectivity index (χ3n) is 4.45. The van der Waals surface area contributed by atoms with Crippen molar-refractivity contribution in [2.75, 3.05) is 6.54 Å². The van der Waals surface area contributed by atoms with Gasteiger partial charge in [-0.1, -0.05) is 26.2 Å². The number of aliphatic carboxylic acids is 1. The van der Waals surface area contributed by atoms with E-state index in [4.69, 9.17) is 0 Å². The minimum absolute atomic E-state index is 0.180. The Balaban J connectivity index is 2.66. The SMILES string of the molecule is CCC1CCCC(NC(=O)N(CC)C(C)(C)C(=O)O)C1. The van der Waals surface area contributed by atoms with E-state index in [0.29, 0.717) is 12.5 Å². The van der Waals surface area contributed by atoms with Crippen LogP contribution in [0.4, 0.5) is 4.79 Å². The first-order valence-electron chi connectivity index (χ1n) is 7.64. The van der Waals surface area contributed by atoms with E-state index in [-0.39, 0.29) is 12.1 Å². The average Bonchev–Trinajstić information content (AvgIpc) is 2.39. The monoisotopic (exact) mass is 284 g/mol. The molecule has 1 aliphatic carbocycles. The van der Waals surface area contributed by atoms with Gasteiger partial charge in [-0.2, -0.15) is 0 Å². The molecule has 1 saturated carbocycles. The van der Waals surface area contributed by atoms with Crippen LogP contribution in [0.2, 0.25) is 0 Å². The number of hydrogen-bond acceptors (Lipinski definition) is 2. The lowest BCUT2D eigenvalue weighted by Crippen LogP contribution is -2.57. The van der Waals surface area contributed by atoms with E-state index in [1.54, 1.807) is 20.8 Å². The highest BCUT2D eigenvalue weighted by Gasteiger charge is 2.37. The molecule has 0 bridgehead atoms. The number of carbonyl (C=O) groups is 2. The van der Waals surface area contributed by atoms with Gasteiger partial charge in [0.2, 0.25) is 0 Å². The quantitative estimate of drug-likeness (QED) is 0.815. The van der Waals surface area contributed by atoms with Gasteiger partial charge < -0.3 is 15.3 Å². The van der Waals surface area contributed by atoms with Gasteiger partial charge in [-0.05, 0) is 39.5 Å². The van der Waals surface area contributed by atoms with Crippen molar-refractivity contribution in [3.05, 3.63) is 0 Å². The summed E-state index contributed by atoms with van der Waals surface area (Å²) in [5, 5.41) is 12.3. The Morgan fingerprint density at radius 2 is 1.95 bits per heavy atom. The molecular formula is C15H28N2O3. The fourth-order valence-electron chi connectivity index (χ4n) is 2.95. The Bertz CT molecular complexity index is 355. The minimum atomic E-state index is -1.18. The number of nitrogens with one attached hydrogen (secondary N) is 1. The minimum Gasteiger partial charge on any atom is -0.480 e. The van der Waals surface area contributed by atoms with Crippen LogP contribution in [0.15, 0.2) is 0 Å². The number of likely N-dealkylation sites (N-methyl/N-ethyl adjacent to an activating group) is 1. The van der Waals surface area contributed by atoms with Gasteiger partial charge in [0, 0.05) is 12.6 Å². The number of amides is 2. The van der Waals surface area contributed by atoms with Crippen molar-refractivity contribution in [2.24, 2.45) is 5.92 Å². The molecule has 0 aromatic rings. The molecule has 0 saturated heterocycles. The Kier molecular flexibility index (Phi) is 5.84. The second-order valence-electron chi connectivity index (χ2n) is 6.20. The first-order valence-corrected chi connectivity index (χ1v) is 7.64. The molecule has 1 aliphatic rings. The molecular weight excluding hydrogens is 256 g/mol. The molecule has 0 heterocycles. The predicted molar refractivity (Wildman–Crippen MR) is 78.7 cm³/mol. The highest BCUT2D eigenvalue weighted by molar-refractivity contribution is 5.85. The largest absolute Gasteiger partial charge is 0.480 e. The maximum Gasteiger partial charge on any atom is 0.329 e. The van der Waals surface area contributed by atoms with Gasteiger partial charge in [0.05, 0.1) is 0 Å². The lowest BCUT2D eigenvalue weighted by Gasteiger charge is -2.37. The second-order valence-corrected chi connectivity index (χ2v) is 6.20. The number of carbonyl (C=O) groups excluding carboxylic acids is 1. The van der Waals surface area contributed by atoms with Crippen LogP contribution in [0, 0.1) is 5.92 Å². The zero-order chi connectivity index (χ0) is 15.3. The summed E-state index contributed by atoms with van der Waals surface area (Å²) in [5.41, 5.74) is -1.18. The Hall–Kier alpha value is -1.26. The summed E-state index contributed by atoms with van der Waals surface area (Å²) < 4.78 is 0. The van der Waals surface area contributed by atoms with Gasteiger partial charge in [-0.3, -0.25) is 0 Å². The molecule has 0 spiro atoms. The van der Waals surface area contributed by atoms with Crippen LogP contribution in [-0.4, -0.2) is 40.1 Å². The summed E-state index contributed by atoms with van der Waals surface area (Å²) in [6.45, 7) is 7.50. The number of carboxylic acids is 1. The van der Waals surface area contributed by atoms with Crippen LogP contribution in [0.3, 0.4) is 0 Å². The highest BCUT2D eigenvalue weighted by atomic mass is 16.4. The normalized spacial score (nSPS) is 23.2. The molecule has 0 aromatic carbocycles. The zero-order valence-corrected chi connectivity index (χ0v) is 13.1. The third kappa shape index (κ3) is 3.87. The highest BCUT2D eigenvalue weighted by Crippen LogP contribution is 2.27. The Morgan fingerprint density at radius 3 is 2.45 bits per heavy atom. The van der Waals surface area contributed by atoms with Gasteiger partial charge in [-0.25, -0.2) is 9.59 Å². The van der Waals surface area contributed by atoms with Crippen molar-refractivity contribution < 1.29 is 14.7 Å². The molecule has 2 unspecified atom stereocenters. The third-order valence-corrected chi connectivity index (χ3v) is 4.45. The molecule has 5 heteroatoms. The number of hydrogen-bond donors (Lipinski definition) is 2. The smallest absolute Gasteiger partial charge is 0.329 e. The van der Waals surface area contributed by atoms with Crippen molar-refractivity contribution in [1.82, 2.24) is 10.2 Å². The fourth-order valence-corrected chi connectivity index (χ4v) is 2.95. The molecule has 2 atom stereocenters. The second kappa shape index (κ2) is 6.95. The lowest BCUT2D eigenvalue weighted by molar-refractivity contribution is -0.147. The molecule has 5 nitrogen and oxygen atoms in total. The van der Waals surface area contributed by atoms with Crippen molar-refractivity contribution >= 4 is 12.0 Å². The van der Waals surface area contributed by atoms with Gasteiger partial charge in [0.1, 0.15) is 5.54 Å². The maximum absolute atomic E-state index is 12.3. The van der Waals surface area contributed by atoms with Crippen molar-refractivity contribution in [3.8, 4) is 0 Å². The lowest BCUT2D eigenvalue weighted by atomic mass is 9.84. The van der Waals surface area contributed by atoms with E-state index in [9.17, 15) is 14.7 Å². The predicted octanol–water partition coefficient (Wildman–Crippen LogP) is 2.85. The average molecular weight is 284 g/mol. The zero-order valence-electron chi connectivity index (χ0n) is 13.1. The summed E-state index contributed by atoms with van der Waals surface area (Å²) in [7, 11) is 0. The van der Waals surface area contributed by atoms with Gasteiger partial charge >= 0.3 is 12.0 Å². The van der Waals surface area contributed by atoms with E-state index in [1.807, 2.05) is 0 Å². The topological polar surface area (TPSA) is 69.6 Å². The molecule has 0 aromatic heterocycles. The molecule has 1 fully saturated rings. The van der Waals surface area contributed by atoms with E-state index in [1.165, 1.54) is 11.3 Å². The van der Waals surface area contributed by atoms with Gasteiger partial charge in [0.25, 0.3) is 0 Å². The molecule has 1 rings (SSSR count). The summed E-state index contributed by atoms with van der Waals surface area (Å²) in [4.78, 5) is 25.0. The number of carboxylic acid groups (broad SMARTS) is 1. The van der Waals surface area contributed by atoms with E-state index < -0.39 is 11.5 Å². The molecule has 0 aliphatic heterocycles. The summed E-state index contributed by atoms with van der Waals surface area (Å²) in [6, 6.07) is -0.0819. The van der Waals surface area contributed by atoms with Gasteiger partial charge in [0.15, 0.2) is 0 Å². The van der Waals surface area contributed by atoms with Crippen molar-refractivity contribution in [2.45, 2.75) is 71.4 Å². The van der Waals surface area contributed by atoms with Crippen LogP contribution >= 0.6 is 0 Å². The Labute approximate surface area is 121 Å². The summed E-state index contributed by atoms with van der Waals surface area (Å²) in [5.74, 6) is -0.304. The van der Waals surface area contributed by atoms with E-state index >= 15 is 0 Å². The molecule has 2 N–H and O–H groups in total. The van der Waals surface area contributed by atoms with Gasteiger partial charge in [-0.15, -0.1) is 0 Å². The fraction of sp³-hybridized carbons (Fsp3) is 0.867.